The molecule has 0 spiro atoms. The summed E-state index contributed by atoms with van der Waals surface area (Å²) in [6.45, 7) is 0. The fraction of sp³-hybridized carbons (Fsp3) is 0.0357. The molecule has 0 amide bonds. The van der Waals surface area contributed by atoms with Gasteiger partial charge in [-0.1, -0.05) is 60.7 Å². The van der Waals surface area contributed by atoms with Crippen LogP contribution in [0.2, 0.25) is 0 Å². The van der Waals surface area contributed by atoms with Gasteiger partial charge in [0.15, 0.2) is 0 Å². The van der Waals surface area contributed by atoms with Gasteiger partial charge < -0.3 is 14.7 Å². The highest BCUT2D eigenvalue weighted by Gasteiger charge is 2.34. The van der Waals surface area contributed by atoms with Crippen molar-refractivity contribution in [2.45, 2.75) is 5.92 Å². The van der Waals surface area contributed by atoms with Crippen LogP contribution in [0.5, 0.6) is 0 Å². The maximum Gasteiger partial charge on any atom is 0.342 e. The molecule has 1 unspecified atom stereocenters. The molecule has 4 aromatic carbocycles. The van der Waals surface area contributed by atoms with Crippen molar-refractivity contribution >= 4 is 44.0 Å². The molecule has 0 saturated heterocycles. The van der Waals surface area contributed by atoms with Crippen LogP contribution < -0.4 is 10.9 Å². The molecule has 1 atom stereocenters. The van der Waals surface area contributed by atoms with E-state index in [1.165, 1.54) is 0 Å². The van der Waals surface area contributed by atoms with E-state index in [-0.39, 0.29) is 11.5 Å². The Morgan fingerprint density at radius 1 is 0.719 bits per heavy atom. The summed E-state index contributed by atoms with van der Waals surface area (Å²) in [5.41, 5.74) is 6.00. The first kappa shape index (κ1) is 17.4. The molecule has 0 fully saturated rings. The molecular formula is C28H18N2O2. The van der Waals surface area contributed by atoms with Gasteiger partial charge in [-0.05, 0) is 46.2 Å². The second kappa shape index (κ2) is 6.34. The third kappa shape index (κ3) is 2.29. The molecule has 0 saturated carbocycles. The van der Waals surface area contributed by atoms with E-state index in [2.05, 4.69) is 46.7 Å². The van der Waals surface area contributed by atoms with Gasteiger partial charge in [0.1, 0.15) is 5.58 Å². The smallest absolute Gasteiger partial charge is 0.342 e. The van der Waals surface area contributed by atoms with E-state index < -0.39 is 0 Å². The Hall–Kier alpha value is -4.31. The van der Waals surface area contributed by atoms with E-state index in [9.17, 15) is 4.79 Å². The molecule has 7 rings (SSSR count). The van der Waals surface area contributed by atoms with Crippen LogP contribution in [-0.4, -0.2) is 4.98 Å². The number of H-pyrrole nitrogens is 1. The standard InChI is InChI=1S/C28H18N2O2/c31-28-26-25(20-15-29-21-11-5-3-9-18(20)21)24-17-8-2-1-7-16(17)13-14-22(24)30-27(26)19-10-4-6-12-23(19)32-28/h1-15,25,29-30H. The SMILES string of the molecule is O=c1oc2ccccc2c2c1C(c1c[nH]c3ccccc13)c1c(ccc3ccccc13)N2. The summed E-state index contributed by atoms with van der Waals surface area (Å²) in [5, 5.41) is 7.88. The molecule has 0 aliphatic carbocycles. The van der Waals surface area contributed by atoms with E-state index >= 15 is 0 Å². The van der Waals surface area contributed by atoms with Gasteiger partial charge in [-0.3, -0.25) is 0 Å². The summed E-state index contributed by atoms with van der Waals surface area (Å²) in [6, 6.07) is 28.5. The van der Waals surface area contributed by atoms with Crippen LogP contribution in [0.25, 0.3) is 32.6 Å². The predicted molar refractivity (Wildman–Crippen MR) is 129 cm³/mol. The van der Waals surface area contributed by atoms with Crippen molar-refractivity contribution in [2.75, 3.05) is 5.32 Å². The highest BCUT2D eigenvalue weighted by atomic mass is 16.4. The molecule has 4 heteroatoms. The number of fused-ring (bicyclic) bond motifs is 7. The second-order valence-corrected chi connectivity index (χ2v) is 8.27. The van der Waals surface area contributed by atoms with Crippen molar-refractivity contribution in [3.8, 4) is 0 Å². The molecule has 2 N–H and O–H groups in total. The molecule has 0 radical (unpaired) electrons. The lowest BCUT2D eigenvalue weighted by Gasteiger charge is -2.30. The number of aromatic amines is 1. The molecule has 152 valence electrons. The Morgan fingerprint density at radius 3 is 2.38 bits per heavy atom. The minimum atomic E-state index is -0.305. The van der Waals surface area contributed by atoms with Gasteiger partial charge in [0.05, 0.1) is 11.3 Å². The van der Waals surface area contributed by atoms with Crippen LogP contribution in [-0.2, 0) is 0 Å². The van der Waals surface area contributed by atoms with E-state index in [1.807, 2.05) is 54.7 Å². The van der Waals surface area contributed by atoms with Gasteiger partial charge in [-0.2, -0.15) is 0 Å². The van der Waals surface area contributed by atoms with E-state index in [1.54, 1.807) is 0 Å². The number of hydrogen-bond acceptors (Lipinski definition) is 3. The fourth-order valence-electron chi connectivity index (χ4n) is 5.20. The molecule has 1 aliphatic rings. The van der Waals surface area contributed by atoms with Crippen LogP contribution in [0.15, 0.2) is 100 Å². The van der Waals surface area contributed by atoms with Crippen LogP contribution in [0.3, 0.4) is 0 Å². The maximum absolute atomic E-state index is 13.4. The molecule has 6 aromatic rings. The van der Waals surface area contributed by atoms with Gasteiger partial charge >= 0.3 is 5.63 Å². The molecular weight excluding hydrogens is 396 g/mol. The van der Waals surface area contributed by atoms with Gasteiger partial charge in [0.25, 0.3) is 0 Å². The van der Waals surface area contributed by atoms with Crippen molar-refractivity contribution < 1.29 is 4.42 Å². The summed E-state index contributed by atoms with van der Waals surface area (Å²) in [5.74, 6) is -0.260. The lowest BCUT2D eigenvalue weighted by atomic mass is 9.79. The first-order valence-electron chi connectivity index (χ1n) is 10.7. The van der Waals surface area contributed by atoms with Crippen molar-refractivity contribution in [2.24, 2.45) is 0 Å². The lowest BCUT2D eigenvalue weighted by Crippen LogP contribution is -2.22. The number of rotatable bonds is 1. The quantitative estimate of drug-likeness (QED) is 0.295. The second-order valence-electron chi connectivity index (χ2n) is 8.27. The Bertz CT molecular complexity index is 1740. The van der Waals surface area contributed by atoms with Crippen molar-refractivity contribution in [3.05, 3.63) is 118 Å². The molecule has 1 aliphatic heterocycles. The molecule has 3 heterocycles. The molecule has 2 aromatic heterocycles. The molecule has 4 nitrogen and oxygen atoms in total. The van der Waals surface area contributed by atoms with E-state index in [0.29, 0.717) is 11.1 Å². The third-order valence-corrected chi connectivity index (χ3v) is 6.59. The largest absolute Gasteiger partial charge is 0.422 e. The van der Waals surface area contributed by atoms with Gasteiger partial charge in [-0.15, -0.1) is 0 Å². The number of benzene rings is 4. The zero-order chi connectivity index (χ0) is 21.2. The van der Waals surface area contributed by atoms with E-state index in [4.69, 9.17) is 4.42 Å². The topological polar surface area (TPSA) is 58.0 Å². The summed E-state index contributed by atoms with van der Waals surface area (Å²) in [6.07, 6.45) is 2.03. The van der Waals surface area contributed by atoms with Crippen molar-refractivity contribution in [1.82, 2.24) is 4.98 Å². The Kier molecular flexibility index (Phi) is 3.45. The van der Waals surface area contributed by atoms with Gasteiger partial charge in [-0.25, -0.2) is 4.79 Å². The highest BCUT2D eigenvalue weighted by Crippen LogP contribution is 2.49. The Morgan fingerprint density at radius 2 is 1.47 bits per heavy atom. The summed E-state index contributed by atoms with van der Waals surface area (Å²) >= 11 is 0. The zero-order valence-corrected chi connectivity index (χ0v) is 17.1. The lowest BCUT2D eigenvalue weighted by molar-refractivity contribution is 0.549. The van der Waals surface area contributed by atoms with Crippen LogP contribution in [0, 0.1) is 0 Å². The summed E-state index contributed by atoms with van der Waals surface area (Å²) in [7, 11) is 0. The molecule has 0 bridgehead atoms. The van der Waals surface area contributed by atoms with Gasteiger partial charge in [0, 0.05) is 34.1 Å². The highest BCUT2D eigenvalue weighted by molar-refractivity contribution is 6.01. The number of aromatic nitrogens is 1. The first-order valence-corrected chi connectivity index (χ1v) is 10.7. The minimum Gasteiger partial charge on any atom is -0.422 e. The normalized spacial score (nSPS) is 14.9. The number of nitrogens with one attached hydrogen (secondary N) is 2. The maximum atomic E-state index is 13.4. The van der Waals surface area contributed by atoms with Crippen LogP contribution in [0.1, 0.15) is 22.6 Å². The Balaban J connectivity index is 1.66. The zero-order valence-electron chi connectivity index (χ0n) is 17.1. The monoisotopic (exact) mass is 414 g/mol. The summed E-state index contributed by atoms with van der Waals surface area (Å²) < 4.78 is 5.82. The average Bonchev–Trinajstić information content (AvgIpc) is 3.26. The van der Waals surface area contributed by atoms with Crippen LogP contribution in [0.4, 0.5) is 11.4 Å². The first-order chi connectivity index (χ1) is 15.8. The number of anilines is 2. The van der Waals surface area contributed by atoms with Crippen molar-refractivity contribution in [3.63, 3.8) is 0 Å². The van der Waals surface area contributed by atoms with Crippen molar-refractivity contribution in [1.29, 1.82) is 0 Å². The average molecular weight is 414 g/mol. The minimum absolute atomic E-state index is 0.260. The van der Waals surface area contributed by atoms with Gasteiger partial charge in [0.2, 0.25) is 0 Å². The fourth-order valence-corrected chi connectivity index (χ4v) is 5.20. The third-order valence-electron chi connectivity index (χ3n) is 6.59. The number of hydrogen-bond donors (Lipinski definition) is 2. The molecule has 32 heavy (non-hydrogen) atoms. The van der Waals surface area contributed by atoms with E-state index in [0.717, 1.165) is 49.6 Å². The summed E-state index contributed by atoms with van der Waals surface area (Å²) in [4.78, 5) is 16.8. The Labute approximate surface area is 183 Å². The van der Waals surface area contributed by atoms with Crippen LogP contribution >= 0.6 is 0 Å². The number of para-hydroxylation sites is 2. The predicted octanol–water partition coefficient (Wildman–Crippen LogP) is 6.66.